The van der Waals surface area contributed by atoms with Crippen molar-refractivity contribution in [1.82, 2.24) is 5.43 Å². The van der Waals surface area contributed by atoms with Gasteiger partial charge in [0.2, 0.25) is 5.76 Å². The molecule has 1 amide bonds. The first-order valence-corrected chi connectivity index (χ1v) is 5.29. The molecule has 2 aromatic rings. The van der Waals surface area contributed by atoms with Gasteiger partial charge >= 0.3 is 11.8 Å². The van der Waals surface area contributed by atoms with Gasteiger partial charge in [0, 0.05) is 0 Å². The van der Waals surface area contributed by atoms with E-state index in [4.69, 9.17) is 4.42 Å². The Labute approximate surface area is 107 Å². The average molecular weight is 259 g/mol. The summed E-state index contributed by atoms with van der Waals surface area (Å²) in [6.07, 6.45) is 1.45. The van der Waals surface area contributed by atoms with Crippen LogP contribution in [0.4, 0.5) is 5.88 Å². The zero-order valence-electron chi connectivity index (χ0n) is 9.65. The maximum Gasteiger partial charge on any atom is 0.433 e. The van der Waals surface area contributed by atoms with Gasteiger partial charge in [-0.25, -0.2) is 5.43 Å². The summed E-state index contributed by atoms with van der Waals surface area (Å²) in [5.74, 6) is -1.31. The van der Waals surface area contributed by atoms with Gasteiger partial charge in [-0.3, -0.25) is 14.9 Å². The Bertz CT molecular complexity index is 619. The summed E-state index contributed by atoms with van der Waals surface area (Å²) in [6.45, 7) is 0. The minimum Gasteiger partial charge on any atom is -0.395 e. The van der Waals surface area contributed by atoms with Crippen molar-refractivity contribution in [3.63, 3.8) is 0 Å². The predicted octanol–water partition coefficient (Wildman–Crippen LogP) is 1.95. The molecule has 0 atom stereocenters. The van der Waals surface area contributed by atoms with Crippen molar-refractivity contribution in [3.8, 4) is 0 Å². The quantitative estimate of drug-likeness (QED) is 0.515. The van der Waals surface area contributed by atoms with Gasteiger partial charge in [0.05, 0.1) is 12.3 Å². The number of nitrogens with zero attached hydrogens (tertiary/aromatic N) is 2. The molecule has 0 aliphatic carbocycles. The Kier molecular flexibility index (Phi) is 3.67. The monoisotopic (exact) mass is 259 g/mol. The molecule has 0 saturated heterocycles. The fourth-order valence-corrected chi connectivity index (χ4v) is 1.31. The molecule has 1 N–H and O–H groups in total. The number of rotatable bonds is 4. The number of hydrazone groups is 1. The Balaban J connectivity index is 1.97. The van der Waals surface area contributed by atoms with Crippen LogP contribution in [0.5, 0.6) is 0 Å². The smallest absolute Gasteiger partial charge is 0.395 e. The Morgan fingerprint density at radius 2 is 2.00 bits per heavy atom. The van der Waals surface area contributed by atoms with E-state index in [1.165, 1.54) is 12.3 Å². The third-order valence-electron chi connectivity index (χ3n) is 2.17. The molecule has 0 fully saturated rings. The predicted molar refractivity (Wildman–Crippen MR) is 66.9 cm³/mol. The molecule has 0 spiro atoms. The summed E-state index contributed by atoms with van der Waals surface area (Å²) in [5.41, 5.74) is 3.03. The second-order valence-electron chi connectivity index (χ2n) is 3.50. The first kappa shape index (κ1) is 12.5. The zero-order chi connectivity index (χ0) is 13.7. The lowest BCUT2D eigenvalue weighted by Gasteiger charge is -1.94. The lowest BCUT2D eigenvalue weighted by molar-refractivity contribution is -0.402. The van der Waals surface area contributed by atoms with E-state index in [0.717, 1.165) is 11.6 Å². The minimum atomic E-state index is -0.718. The highest BCUT2D eigenvalue weighted by molar-refractivity contribution is 5.92. The molecule has 2 rings (SSSR count). The van der Waals surface area contributed by atoms with Gasteiger partial charge in [-0.1, -0.05) is 30.3 Å². The normalized spacial score (nSPS) is 10.5. The molecular weight excluding hydrogens is 250 g/mol. The largest absolute Gasteiger partial charge is 0.433 e. The summed E-state index contributed by atoms with van der Waals surface area (Å²) in [5, 5.41) is 14.1. The summed E-state index contributed by atoms with van der Waals surface area (Å²) in [7, 11) is 0. The lowest BCUT2D eigenvalue weighted by Crippen LogP contribution is -2.16. The summed E-state index contributed by atoms with van der Waals surface area (Å²) in [6, 6.07) is 11.5. The minimum absolute atomic E-state index is 0.170. The molecule has 0 unspecified atom stereocenters. The Morgan fingerprint density at radius 1 is 1.26 bits per heavy atom. The van der Waals surface area contributed by atoms with E-state index in [1.807, 2.05) is 30.3 Å². The molecule has 1 heterocycles. The molecule has 19 heavy (non-hydrogen) atoms. The van der Waals surface area contributed by atoms with E-state index >= 15 is 0 Å². The Hall–Kier alpha value is -2.96. The highest BCUT2D eigenvalue weighted by atomic mass is 16.6. The molecule has 1 aromatic heterocycles. The van der Waals surface area contributed by atoms with Crippen molar-refractivity contribution < 1.29 is 14.1 Å². The molecule has 96 valence electrons. The van der Waals surface area contributed by atoms with Crippen molar-refractivity contribution in [1.29, 1.82) is 0 Å². The fraction of sp³-hybridized carbons (Fsp3) is 0. The van der Waals surface area contributed by atoms with Gasteiger partial charge in [-0.2, -0.15) is 5.10 Å². The number of hydrogen-bond donors (Lipinski definition) is 1. The van der Waals surface area contributed by atoms with Gasteiger partial charge < -0.3 is 4.42 Å². The van der Waals surface area contributed by atoms with Crippen LogP contribution in [-0.2, 0) is 0 Å². The number of nitrogens with one attached hydrogen (secondary N) is 1. The number of benzene rings is 1. The van der Waals surface area contributed by atoms with Crippen molar-refractivity contribution in [3.05, 3.63) is 63.9 Å². The van der Waals surface area contributed by atoms with E-state index in [-0.39, 0.29) is 5.76 Å². The van der Waals surface area contributed by atoms with Gasteiger partial charge in [0.15, 0.2) is 0 Å². The van der Waals surface area contributed by atoms with Crippen LogP contribution in [0.1, 0.15) is 16.1 Å². The maximum absolute atomic E-state index is 11.5. The Morgan fingerprint density at radius 3 is 2.63 bits per heavy atom. The van der Waals surface area contributed by atoms with Crippen LogP contribution in [0.25, 0.3) is 0 Å². The van der Waals surface area contributed by atoms with E-state index in [0.29, 0.717) is 0 Å². The van der Waals surface area contributed by atoms with Crippen molar-refractivity contribution >= 4 is 18.0 Å². The number of nitro groups is 1. The molecule has 0 aliphatic heterocycles. The first-order valence-electron chi connectivity index (χ1n) is 5.29. The van der Waals surface area contributed by atoms with Crippen LogP contribution in [0, 0.1) is 10.1 Å². The molecular formula is C12H9N3O4. The van der Waals surface area contributed by atoms with Crippen LogP contribution in [0.3, 0.4) is 0 Å². The summed E-state index contributed by atoms with van der Waals surface area (Å²) < 4.78 is 4.72. The molecule has 7 heteroatoms. The third-order valence-corrected chi connectivity index (χ3v) is 2.17. The molecule has 7 nitrogen and oxygen atoms in total. The first-order chi connectivity index (χ1) is 9.16. The SMILES string of the molecule is O=C(N/N=C\c1ccccc1)c1ccc([N+](=O)[O-])o1. The van der Waals surface area contributed by atoms with Crippen LogP contribution >= 0.6 is 0 Å². The van der Waals surface area contributed by atoms with Crippen LogP contribution < -0.4 is 5.43 Å². The number of carbonyl (C=O) groups is 1. The van der Waals surface area contributed by atoms with Crippen molar-refractivity contribution in [2.24, 2.45) is 5.10 Å². The van der Waals surface area contributed by atoms with Crippen LogP contribution in [-0.4, -0.2) is 17.0 Å². The van der Waals surface area contributed by atoms with E-state index in [9.17, 15) is 14.9 Å². The second-order valence-corrected chi connectivity index (χ2v) is 3.50. The van der Waals surface area contributed by atoms with Gasteiger partial charge in [0.25, 0.3) is 0 Å². The maximum atomic E-state index is 11.5. The number of hydrogen-bond acceptors (Lipinski definition) is 5. The molecule has 0 bridgehead atoms. The third kappa shape index (κ3) is 3.25. The summed E-state index contributed by atoms with van der Waals surface area (Å²) in [4.78, 5) is 21.2. The highest BCUT2D eigenvalue weighted by Gasteiger charge is 2.16. The fourth-order valence-electron chi connectivity index (χ4n) is 1.31. The van der Waals surface area contributed by atoms with Crippen molar-refractivity contribution in [2.75, 3.05) is 0 Å². The molecule has 0 radical (unpaired) electrons. The van der Waals surface area contributed by atoms with E-state index in [2.05, 4.69) is 10.5 Å². The number of amides is 1. The molecule has 0 saturated carbocycles. The van der Waals surface area contributed by atoms with Crippen LogP contribution in [0.2, 0.25) is 0 Å². The zero-order valence-corrected chi connectivity index (χ0v) is 9.65. The van der Waals surface area contributed by atoms with Gasteiger partial charge in [-0.05, 0) is 11.6 Å². The molecule has 1 aromatic carbocycles. The van der Waals surface area contributed by atoms with Crippen molar-refractivity contribution in [2.45, 2.75) is 0 Å². The highest BCUT2D eigenvalue weighted by Crippen LogP contribution is 2.15. The summed E-state index contributed by atoms with van der Waals surface area (Å²) >= 11 is 0. The van der Waals surface area contributed by atoms with E-state index < -0.39 is 16.7 Å². The van der Waals surface area contributed by atoms with Gasteiger partial charge in [-0.15, -0.1) is 0 Å². The average Bonchev–Trinajstić information content (AvgIpc) is 2.89. The number of furan rings is 1. The topological polar surface area (TPSA) is 97.7 Å². The second kappa shape index (κ2) is 5.58. The molecule has 0 aliphatic rings. The lowest BCUT2D eigenvalue weighted by atomic mass is 10.2. The number of carbonyl (C=O) groups excluding carboxylic acids is 1. The van der Waals surface area contributed by atoms with Gasteiger partial charge in [0.1, 0.15) is 4.92 Å². The van der Waals surface area contributed by atoms with Crippen LogP contribution in [0.15, 0.2) is 52.0 Å². The standard InChI is InChI=1S/C12H9N3O4/c16-12(10-6-7-11(19-10)15(17)18)14-13-8-9-4-2-1-3-5-9/h1-8H,(H,14,16)/b13-8-. The van der Waals surface area contributed by atoms with E-state index in [1.54, 1.807) is 0 Å².